The summed E-state index contributed by atoms with van der Waals surface area (Å²) in [6, 6.07) is 5.32. The summed E-state index contributed by atoms with van der Waals surface area (Å²) in [5, 5.41) is 17.7. The van der Waals surface area contributed by atoms with Gasteiger partial charge in [-0.2, -0.15) is 0 Å². The third kappa shape index (κ3) is 5.74. The van der Waals surface area contributed by atoms with Gasteiger partial charge in [-0.3, -0.25) is 0 Å². The van der Waals surface area contributed by atoms with Gasteiger partial charge in [0.15, 0.2) is 5.82 Å². The quantitative estimate of drug-likeness (QED) is 0.385. The summed E-state index contributed by atoms with van der Waals surface area (Å²) in [6.45, 7) is 8.89. The van der Waals surface area contributed by atoms with Crippen LogP contribution in [0.15, 0.2) is 33.9 Å². The Hall–Kier alpha value is -3.67. The number of halogens is 1. The zero-order valence-electron chi connectivity index (χ0n) is 24.3. The van der Waals surface area contributed by atoms with E-state index in [0.717, 1.165) is 28.3 Å². The fraction of sp³-hybridized carbons (Fsp3) is 0.448. The van der Waals surface area contributed by atoms with E-state index in [4.69, 9.17) is 30.8 Å². The molecule has 11 nitrogen and oxygen atoms in total. The molecule has 2 aliphatic heterocycles. The number of carbonyl (C=O) groups excluding carboxylic acids is 1. The van der Waals surface area contributed by atoms with Gasteiger partial charge >= 0.3 is 6.03 Å². The highest BCUT2D eigenvalue weighted by atomic mass is 35.5. The van der Waals surface area contributed by atoms with Crippen molar-refractivity contribution in [1.82, 2.24) is 30.2 Å². The van der Waals surface area contributed by atoms with E-state index in [9.17, 15) is 9.90 Å². The molecule has 2 amide bonds. The van der Waals surface area contributed by atoms with Crippen molar-refractivity contribution in [2.75, 3.05) is 65.4 Å². The van der Waals surface area contributed by atoms with Gasteiger partial charge in [0.1, 0.15) is 30.0 Å². The van der Waals surface area contributed by atoms with Crippen LogP contribution in [-0.2, 0) is 0 Å². The van der Waals surface area contributed by atoms with Crippen molar-refractivity contribution in [2.24, 2.45) is 0 Å². The second kappa shape index (κ2) is 11.7. The number of hydrogen-bond acceptors (Lipinski definition) is 9. The predicted molar refractivity (Wildman–Crippen MR) is 158 cm³/mol. The Balaban J connectivity index is 1.51. The molecule has 0 saturated carbocycles. The van der Waals surface area contributed by atoms with E-state index in [1.54, 1.807) is 44.2 Å². The van der Waals surface area contributed by atoms with Crippen molar-refractivity contribution in [3.8, 4) is 28.4 Å². The Morgan fingerprint density at radius 3 is 2.49 bits per heavy atom. The fourth-order valence-electron chi connectivity index (χ4n) is 5.40. The Labute approximate surface area is 244 Å². The van der Waals surface area contributed by atoms with E-state index >= 15 is 0 Å². The van der Waals surface area contributed by atoms with Crippen LogP contribution >= 0.6 is 11.6 Å². The second-order valence-corrected chi connectivity index (χ2v) is 11.2. The van der Waals surface area contributed by atoms with Crippen molar-refractivity contribution in [3.63, 3.8) is 0 Å². The Morgan fingerprint density at radius 1 is 1.17 bits per heavy atom. The Morgan fingerprint density at radius 2 is 1.88 bits per heavy atom. The maximum absolute atomic E-state index is 12.5. The number of anilines is 1. The summed E-state index contributed by atoms with van der Waals surface area (Å²) < 4.78 is 11.3. The molecular formula is C29H36ClN7O4. The lowest BCUT2D eigenvalue weighted by Gasteiger charge is -2.27. The summed E-state index contributed by atoms with van der Waals surface area (Å²) in [5.41, 5.74) is 6.30. The molecule has 0 spiro atoms. The van der Waals surface area contributed by atoms with Gasteiger partial charge in [0, 0.05) is 57.9 Å². The normalized spacial score (nSPS) is 15.5. The number of aliphatic hydroxyl groups excluding tert-OH is 1. The zero-order valence-corrected chi connectivity index (χ0v) is 25.0. The molecule has 5 rings (SSSR count). The SMILES string of the molecule is CNC[C@@H](O)COc1ccc(Cl)c(-c2nc(-c3c(C)noc3C)c(C)c(N3CC4=C(CN(C(=O)N(C)C)C4)C3)n2)c1. The maximum Gasteiger partial charge on any atom is 0.320 e. The van der Waals surface area contributed by atoms with Gasteiger partial charge in [0.2, 0.25) is 0 Å². The Bertz CT molecular complexity index is 1470. The largest absolute Gasteiger partial charge is 0.491 e. The first-order valence-electron chi connectivity index (χ1n) is 13.6. The molecule has 41 heavy (non-hydrogen) atoms. The van der Waals surface area contributed by atoms with Crippen molar-refractivity contribution < 1.29 is 19.2 Å². The third-order valence-electron chi connectivity index (χ3n) is 7.43. The molecule has 1 atom stereocenters. The third-order valence-corrected chi connectivity index (χ3v) is 7.76. The molecule has 0 fully saturated rings. The van der Waals surface area contributed by atoms with Gasteiger partial charge in [-0.05, 0) is 57.2 Å². The van der Waals surface area contributed by atoms with Crippen LogP contribution in [0.3, 0.4) is 0 Å². The highest BCUT2D eigenvalue weighted by Gasteiger charge is 2.35. The molecule has 0 unspecified atom stereocenters. The minimum absolute atomic E-state index is 0.0161. The zero-order chi connectivity index (χ0) is 29.4. The van der Waals surface area contributed by atoms with Crippen LogP contribution in [-0.4, -0.2) is 103 Å². The van der Waals surface area contributed by atoms with Gasteiger partial charge in [-0.15, -0.1) is 0 Å². The van der Waals surface area contributed by atoms with Gasteiger partial charge in [0.25, 0.3) is 0 Å². The standard InChI is InChI=1S/C29H36ClN7O4/c1-16-26(25-17(2)34-41-18(25)3)32-27(23-9-22(7-8-24(23)30)40-15-21(38)10-31-4)33-28(16)36-11-19-13-37(14-20(19)12-36)29(39)35(5)6/h7-9,21,31,38H,10-15H2,1-6H3/t21-/m1/s1. The average Bonchev–Trinajstić information content (AvgIpc) is 3.61. The molecule has 12 heteroatoms. The molecule has 0 bridgehead atoms. The highest BCUT2D eigenvalue weighted by Crippen LogP contribution is 2.39. The van der Waals surface area contributed by atoms with Gasteiger partial charge in [-0.1, -0.05) is 16.8 Å². The molecule has 3 aromatic rings. The number of rotatable bonds is 8. The highest BCUT2D eigenvalue weighted by molar-refractivity contribution is 6.33. The summed E-state index contributed by atoms with van der Waals surface area (Å²) in [5.74, 6) is 2.46. The van der Waals surface area contributed by atoms with Crippen LogP contribution in [0, 0.1) is 20.8 Å². The van der Waals surface area contributed by atoms with Gasteiger partial charge in [0.05, 0.1) is 22.0 Å². The smallest absolute Gasteiger partial charge is 0.320 e. The first-order chi connectivity index (χ1) is 19.6. The summed E-state index contributed by atoms with van der Waals surface area (Å²) in [7, 11) is 5.32. The van der Waals surface area contributed by atoms with Crippen LogP contribution in [0.5, 0.6) is 5.75 Å². The van der Waals surface area contributed by atoms with E-state index in [1.165, 1.54) is 11.1 Å². The fourth-order valence-corrected chi connectivity index (χ4v) is 5.60. The number of amides is 2. The number of carbonyl (C=O) groups is 1. The molecule has 2 aromatic heterocycles. The van der Waals surface area contributed by atoms with Crippen LogP contribution in [0.2, 0.25) is 5.02 Å². The number of nitrogens with one attached hydrogen (secondary N) is 1. The van der Waals surface area contributed by atoms with E-state index in [0.29, 0.717) is 60.6 Å². The molecule has 0 aliphatic carbocycles. The van der Waals surface area contributed by atoms with E-state index in [-0.39, 0.29) is 12.6 Å². The lowest BCUT2D eigenvalue weighted by Crippen LogP contribution is -2.40. The van der Waals surface area contributed by atoms with E-state index < -0.39 is 6.10 Å². The molecular weight excluding hydrogens is 546 g/mol. The predicted octanol–water partition coefficient (Wildman–Crippen LogP) is 3.45. The van der Waals surface area contributed by atoms with E-state index in [2.05, 4.69) is 15.4 Å². The summed E-state index contributed by atoms with van der Waals surface area (Å²) in [4.78, 5) is 28.3. The van der Waals surface area contributed by atoms with E-state index in [1.807, 2.05) is 25.7 Å². The number of aromatic nitrogens is 3. The number of aliphatic hydroxyl groups is 1. The van der Waals surface area contributed by atoms with Crippen molar-refractivity contribution in [3.05, 3.63) is 51.4 Å². The van der Waals surface area contributed by atoms with Gasteiger partial charge in [-0.25, -0.2) is 14.8 Å². The molecule has 0 saturated heterocycles. The van der Waals surface area contributed by atoms with Crippen LogP contribution in [0.1, 0.15) is 17.0 Å². The minimum Gasteiger partial charge on any atom is -0.491 e. The van der Waals surface area contributed by atoms with Crippen molar-refractivity contribution >= 4 is 23.4 Å². The van der Waals surface area contributed by atoms with Crippen molar-refractivity contribution in [2.45, 2.75) is 26.9 Å². The molecule has 0 radical (unpaired) electrons. The minimum atomic E-state index is -0.652. The first-order valence-corrected chi connectivity index (χ1v) is 13.9. The molecule has 2 N–H and O–H groups in total. The molecule has 4 heterocycles. The Kier molecular flexibility index (Phi) is 8.21. The lowest BCUT2D eigenvalue weighted by atomic mass is 10.0. The molecule has 1 aromatic carbocycles. The lowest BCUT2D eigenvalue weighted by molar-refractivity contribution is 0.108. The molecule has 2 aliphatic rings. The summed E-state index contributed by atoms with van der Waals surface area (Å²) >= 11 is 6.69. The van der Waals surface area contributed by atoms with Crippen molar-refractivity contribution in [1.29, 1.82) is 0 Å². The first kappa shape index (κ1) is 28.8. The monoisotopic (exact) mass is 581 g/mol. The number of benzene rings is 1. The maximum atomic E-state index is 12.5. The number of aryl methyl sites for hydroxylation is 2. The van der Waals surface area contributed by atoms with Crippen LogP contribution < -0.4 is 15.0 Å². The number of likely N-dealkylation sites (N-methyl/N-ethyl adjacent to an activating group) is 1. The second-order valence-electron chi connectivity index (χ2n) is 10.8. The van der Waals surface area contributed by atoms with Crippen LogP contribution in [0.25, 0.3) is 22.6 Å². The number of nitrogens with zero attached hydrogens (tertiary/aromatic N) is 6. The average molecular weight is 582 g/mol. The van der Waals surface area contributed by atoms with Gasteiger partial charge < -0.3 is 34.4 Å². The number of urea groups is 1. The van der Waals surface area contributed by atoms with Crippen LogP contribution in [0.4, 0.5) is 10.6 Å². The summed E-state index contributed by atoms with van der Waals surface area (Å²) in [6.07, 6.45) is -0.652. The topological polar surface area (TPSA) is 120 Å². The number of ether oxygens (including phenoxy) is 1. The number of hydrogen-bond donors (Lipinski definition) is 2. The molecule has 218 valence electrons.